The number of hydrogen-bond donors (Lipinski definition) is 1. The first-order chi connectivity index (χ1) is 6.42. The minimum atomic E-state index is 0.440. The molecule has 0 radical (unpaired) electrons. The van der Waals surface area contributed by atoms with Crippen LogP contribution in [0.2, 0.25) is 0 Å². The van der Waals surface area contributed by atoms with E-state index in [4.69, 9.17) is 5.73 Å². The van der Waals surface area contributed by atoms with E-state index in [0.717, 1.165) is 11.5 Å². The molecule has 0 aromatic carbocycles. The Bertz CT molecular complexity index is 380. The largest absolute Gasteiger partial charge is 0.324 e. The summed E-state index contributed by atoms with van der Waals surface area (Å²) in [6, 6.07) is 3.84. The standard InChI is InChI=1S/C9H10N4/c10-7-9-12-5-6-13(9)8-1-3-11-4-2-8/h1-6H,7,10H2. The van der Waals surface area contributed by atoms with Gasteiger partial charge in [-0.05, 0) is 12.1 Å². The minimum Gasteiger partial charge on any atom is -0.324 e. The summed E-state index contributed by atoms with van der Waals surface area (Å²) in [6.07, 6.45) is 7.12. The summed E-state index contributed by atoms with van der Waals surface area (Å²) in [7, 11) is 0. The average Bonchev–Trinajstić information content (AvgIpc) is 2.67. The van der Waals surface area contributed by atoms with Gasteiger partial charge < -0.3 is 10.3 Å². The summed E-state index contributed by atoms with van der Waals surface area (Å²) in [5.41, 5.74) is 6.57. The molecule has 4 nitrogen and oxygen atoms in total. The van der Waals surface area contributed by atoms with Crippen molar-refractivity contribution >= 4 is 0 Å². The smallest absolute Gasteiger partial charge is 0.126 e. The summed E-state index contributed by atoms with van der Waals surface area (Å²) in [5, 5.41) is 0. The lowest BCUT2D eigenvalue weighted by molar-refractivity contribution is 0.866. The van der Waals surface area contributed by atoms with E-state index < -0.39 is 0 Å². The molecule has 66 valence electrons. The highest BCUT2D eigenvalue weighted by atomic mass is 15.1. The minimum absolute atomic E-state index is 0.440. The Hall–Kier alpha value is -1.68. The number of pyridine rings is 1. The summed E-state index contributed by atoms with van der Waals surface area (Å²) in [4.78, 5) is 8.07. The second-order valence-corrected chi connectivity index (χ2v) is 2.62. The lowest BCUT2D eigenvalue weighted by Crippen LogP contribution is -2.05. The summed E-state index contributed by atoms with van der Waals surface area (Å²) in [5.74, 6) is 0.853. The second kappa shape index (κ2) is 3.37. The van der Waals surface area contributed by atoms with Crippen LogP contribution < -0.4 is 5.73 Å². The Morgan fingerprint density at radius 3 is 2.69 bits per heavy atom. The van der Waals surface area contributed by atoms with Crippen molar-refractivity contribution in [3.8, 4) is 5.69 Å². The highest BCUT2D eigenvalue weighted by Crippen LogP contribution is 2.07. The quantitative estimate of drug-likeness (QED) is 0.730. The zero-order valence-electron chi connectivity index (χ0n) is 7.09. The van der Waals surface area contributed by atoms with E-state index in [0.29, 0.717) is 6.54 Å². The number of rotatable bonds is 2. The van der Waals surface area contributed by atoms with Gasteiger partial charge in [-0.2, -0.15) is 0 Å². The molecular formula is C9H10N4. The summed E-state index contributed by atoms with van der Waals surface area (Å²) in [6.45, 7) is 0.440. The van der Waals surface area contributed by atoms with Crippen molar-refractivity contribution in [2.75, 3.05) is 0 Å². The Morgan fingerprint density at radius 1 is 1.23 bits per heavy atom. The third kappa shape index (κ3) is 1.43. The van der Waals surface area contributed by atoms with Gasteiger partial charge in [0.2, 0.25) is 0 Å². The normalized spacial score (nSPS) is 10.2. The van der Waals surface area contributed by atoms with Crippen molar-refractivity contribution in [1.82, 2.24) is 14.5 Å². The fourth-order valence-corrected chi connectivity index (χ4v) is 1.23. The monoisotopic (exact) mass is 174 g/mol. The first kappa shape index (κ1) is 7.94. The Kier molecular flexibility index (Phi) is 2.06. The van der Waals surface area contributed by atoms with Gasteiger partial charge in [-0.3, -0.25) is 4.98 Å². The third-order valence-electron chi connectivity index (χ3n) is 1.84. The van der Waals surface area contributed by atoms with Crippen molar-refractivity contribution in [3.63, 3.8) is 0 Å². The molecule has 0 spiro atoms. The lowest BCUT2D eigenvalue weighted by atomic mass is 10.4. The maximum absolute atomic E-state index is 5.53. The van der Waals surface area contributed by atoms with Crippen molar-refractivity contribution in [2.45, 2.75) is 6.54 Å². The predicted octanol–water partition coefficient (Wildman–Crippen LogP) is 0.726. The molecule has 0 fully saturated rings. The molecular weight excluding hydrogens is 164 g/mol. The molecule has 0 unspecified atom stereocenters. The van der Waals surface area contributed by atoms with Crippen LogP contribution in [0.4, 0.5) is 0 Å². The first-order valence-corrected chi connectivity index (χ1v) is 4.04. The second-order valence-electron chi connectivity index (χ2n) is 2.62. The van der Waals surface area contributed by atoms with Gasteiger partial charge in [-0.1, -0.05) is 0 Å². The van der Waals surface area contributed by atoms with E-state index in [9.17, 15) is 0 Å². The number of nitrogens with two attached hydrogens (primary N) is 1. The van der Waals surface area contributed by atoms with Crippen LogP contribution in [0.1, 0.15) is 5.82 Å². The molecule has 0 aliphatic carbocycles. The molecule has 13 heavy (non-hydrogen) atoms. The molecule has 0 atom stereocenters. The number of aromatic nitrogens is 3. The molecule has 2 rings (SSSR count). The Morgan fingerprint density at radius 2 is 2.00 bits per heavy atom. The third-order valence-corrected chi connectivity index (χ3v) is 1.84. The lowest BCUT2D eigenvalue weighted by Gasteiger charge is -2.04. The first-order valence-electron chi connectivity index (χ1n) is 4.04. The van der Waals surface area contributed by atoms with E-state index in [1.165, 1.54) is 0 Å². The fraction of sp³-hybridized carbons (Fsp3) is 0.111. The van der Waals surface area contributed by atoms with Crippen LogP contribution in [0.25, 0.3) is 5.69 Å². The van der Waals surface area contributed by atoms with Crippen LogP contribution in [0, 0.1) is 0 Å². The van der Waals surface area contributed by atoms with Crippen molar-refractivity contribution in [2.24, 2.45) is 5.73 Å². The van der Waals surface area contributed by atoms with E-state index in [1.807, 2.05) is 22.9 Å². The topological polar surface area (TPSA) is 56.7 Å². The van der Waals surface area contributed by atoms with Crippen LogP contribution in [0.3, 0.4) is 0 Å². The van der Waals surface area contributed by atoms with Gasteiger partial charge in [0.15, 0.2) is 0 Å². The SMILES string of the molecule is NCc1nccn1-c1ccncc1. The van der Waals surface area contributed by atoms with E-state index >= 15 is 0 Å². The maximum atomic E-state index is 5.53. The molecule has 0 amide bonds. The molecule has 0 aliphatic heterocycles. The molecule has 2 aromatic rings. The molecule has 2 aromatic heterocycles. The molecule has 4 heteroatoms. The van der Waals surface area contributed by atoms with Gasteiger partial charge in [0.05, 0.1) is 6.54 Å². The summed E-state index contributed by atoms with van der Waals surface area (Å²) < 4.78 is 1.95. The Labute approximate surface area is 76.1 Å². The van der Waals surface area contributed by atoms with E-state index in [1.54, 1.807) is 18.6 Å². The Balaban J connectivity index is 2.47. The van der Waals surface area contributed by atoms with E-state index in [-0.39, 0.29) is 0 Å². The van der Waals surface area contributed by atoms with Gasteiger partial charge in [0.1, 0.15) is 5.82 Å². The molecule has 0 bridgehead atoms. The van der Waals surface area contributed by atoms with Crippen LogP contribution >= 0.6 is 0 Å². The number of hydrogen-bond acceptors (Lipinski definition) is 3. The van der Waals surface area contributed by atoms with Crippen LogP contribution in [0.15, 0.2) is 36.9 Å². The van der Waals surface area contributed by atoms with Gasteiger partial charge >= 0.3 is 0 Å². The van der Waals surface area contributed by atoms with Crippen LogP contribution in [0.5, 0.6) is 0 Å². The molecule has 2 N–H and O–H groups in total. The van der Waals surface area contributed by atoms with Gasteiger partial charge in [0.25, 0.3) is 0 Å². The summed E-state index contributed by atoms with van der Waals surface area (Å²) >= 11 is 0. The van der Waals surface area contributed by atoms with Crippen molar-refractivity contribution < 1.29 is 0 Å². The molecule has 0 aliphatic rings. The number of nitrogens with zero attached hydrogens (tertiary/aromatic N) is 3. The predicted molar refractivity (Wildman–Crippen MR) is 49.3 cm³/mol. The van der Waals surface area contributed by atoms with Crippen LogP contribution in [-0.2, 0) is 6.54 Å². The number of imidazole rings is 1. The maximum Gasteiger partial charge on any atom is 0.126 e. The zero-order valence-corrected chi connectivity index (χ0v) is 7.09. The van der Waals surface area contributed by atoms with Gasteiger partial charge in [0, 0.05) is 30.5 Å². The van der Waals surface area contributed by atoms with Gasteiger partial charge in [-0.15, -0.1) is 0 Å². The highest BCUT2D eigenvalue weighted by Gasteiger charge is 2.00. The van der Waals surface area contributed by atoms with Crippen LogP contribution in [-0.4, -0.2) is 14.5 Å². The fourth-order valence-electron chi connectivity index (χ4n) is 1.23. The molecule has 2 heterocycles. The molecule has 0 saturated heterocycles. The highest BCUT2D eigenvalue weighted by molar-refractivity contribution is 5.30. The van der Waals surface area contributed by atoms with Gasteiger partial charge in [-0.25, -0.2) is 4.98 Å². The zero-order chi connectivity index (χ0) is 9.10. The molecule has 0 saturated carbocycles. The van der Waals surface area contributed by atoms with Crippen molar-refractivity contribution in [1.29, 1.82) is 0 Å². The van der Waals surface area contributed by atoms with Crippen molar-refractivity contribution in [3.05, 3.63) is 42.7 Å². The van der Waals surface area contributed by atoms with E-state index in [2.05, 4.69) is 9.97 Å². The average molecular weight is 174 g/mol.